The number of nitrogens with zero attached hydrogens (tertiary/aromatic N) is 1. The number of fused-ring (bicyclic) bond motifs is 2. The van der Waals surface area contributed by atoms with Gasteiger partial charge in [0, 0.05) is 17.2 Å². The summed E-state index contributed by atoms with van der Waals surface area (Å²) >= 11 is 0. The number of carbonyl (C=O) groups excluding carboxylic acids is 2. The number of para-hydroxylation sites is 1. The van der Waals surface area contributed by atoms with E-state index in [4.69, 9.17) is 0 Å². The number of carbonyl (C=O) groups is 2. The Morgan fingerprint density at radius 1 is 0.879 bits per heavy atom. The lowest BCUT2D eigenvalue weighted by molar-refractivity contribution is -0.125. The second-order valence-electron chi connectivity index (χ2n) is 9.59. The summed E-state index contributed by atoms with van der Waals surface area (Å²) in [7, 11) is 0. The highest BCUT2D eigenvalue weighted by Gasteiger charge is 2.58. The SMILES string of the molecule is CC1=C(C)C[C@@]2(C(=O)N(Cc3ccccc3)c3ccccc32)[C@H](C(=O)c2ccc(C)cc2)C1. The second-order valence-corrected chi connectivity index (χ2v) is 9.59. The molecular weight excluding hydrogens is 406 g/mol. The number of rotatable bonds is 4. The van der Waals surface area contributed by atoms with Gasteiger partial charge in [-0.3, -0.25) is 9.59 Å². The number of hydrogen-bond acceptors (Lipinski definition) is 2. The van der Waals surface area contributed by atoms with Crippen LogP contribution in [0.2, 0.25) is 0 Å². The predicted octanol–water partition coefficient (Wildman–Crippen LogP) is 6.41. The monoisotopic (exact) mass is 435 g/mol. The summed E-state index contributed by atoms with van der Waals surface area (Å²) in [4.78, 5) is 30.2. The average molecular weight is 436 g/mol. The average Bonchev–Trinajstić information content (AvgIpc) is 3.05. The first kappa shape index (κ1) is 21.4. The summed E-state index contributed by atoms with van der Waals surface area (Å²) in [5, 5.41) is 0. The van der Waals surface area contributed by atoms with Crippen LogP contribution in [-0.2, 0) is 16.8 Å². The van der Waals surface area contributed by atoms with Gasteiger partial charge in [0.15, 0.2) is 5.78 Å². The standard InChI is InChI=1S/C30H29NO2/c1-20-13-15-24(16-14-20)28(32)26-17-21(2)22(3)18-30(26)25-11-7-8-12-27(25)31(29(30)33)19-23-9-5-4-6-10-23/h4-16,26H,17-19H2,1-3H3/t26-,30-/m0/s1. The smallest absolute Gasteiger partial charge is 0.239 e. The van der Waals surface area contributed by atoms with Gasteiger partial charge in [-0.1, -0.05) is 89.5 Å². The van der Waals surface area contributed by atoms with E-state index in [0.717, 1.165) is 22.4 Å². The Morgan fingerprint density at radius 2 is 1.55 bits per heavy atom. The van der Waals surface area contributed by atoms with Gasteiger partial charge in [-0.2, -0.15) is 0 Å². The third kappa shape index (κ3) is 3.43. The van der Waals surface area contributed by atoms with Gasteiger partial charge in [0.1, 0.15) is 0 Å². The van der Waals surface area contributed by atoms with E-state index in [1.54, 1.807) is 0 Å². The summed E-state index contributed by atoms with van der Waals surface area (Å²) < 4.78 is 0. The van der Waals surface area contributed by atoms with Crippen molar-refractivity contribution in [3.8, 4) is 0 Å². The lowest BCUT2D eigenvalue weighted by Gasteiger charge is -2.40. The van der Waals surface area contributed by atoms with E-state index in [0.29, 0.717) is 24.9 Å². The molecule has 1 aliphatic carbocycles. The van der Waals surface area contributed by atoms with Gasteiger partial charge in [-0.15, -0.1) is 0 Å². The topological polar surface area (TPSA) is 37.4 Å². The Labute approximate surface area is 195 Å². The van der Waals surface area contributed by atoms with Gasteiger partial charge in [-0.25, -0.2) is 0 Å². The molecular formula is C30H29NO2. The summed E-state index contributed by atoms with van der Waals surface area (Å²) in [6, 6.07) is 25.9. The van der Waals surface area contributed by atoms with Crippen LogP contribution in [0.3, 0.4) is 0 Å². The van der Waals surface area contributed by atoms with Crippen molar-refractivity contribution in [2.75, 3.05) is 4.90 Å². The van der Waals surface area contributed by atoms with Gasteiger partial charge in [0.25, 0.3) is 0 Å². The maximum absolute atomic E-state index is 14.3. The number of anilines is 1. The first-order valence-electron chi connectivity index (χ1n) is 11.6. The lowest BCUT2D eigenvalue weighted by atomic mass is 9.60. The van der Waals surface area contributed by atoms with E-state index in [1.165, 1.54) is 11.1 Å². The first-order valence-corrected chi connectivity index (χ1v) is 11.6. The molecule has 1 heterocycles. The number of benzene rings is 3. The zero-order valence-electron chi connectivity index (χ0n) is 19.5. The number of Topliss-reactive ketones (excluding diaryl/α,β-unsaturated/α-hetero) is 1. The van der Waals surface area contributed by atoms with Crippen LogP contribution < -0.4 is 4.90 Å². The Bertz CT molecular complexity index is 1260. The van der Waals surface area contributed by atoms with Crippen LogP contribution in [0.5, 0.6) is 0 Å². The quantitative estimate of drug-likeness (QED) is 0.351. The molecule has 0 radical (unpaired) electrons. The minimum Gasteiger partial charge on any atom is -0.307 e. The van der Waals surface area contributed by atoms with Crippen LogP contribution in [0.4, 0.5) is 5.69 Å². The van der Waals surface area contributed by atoms with Crippen molar-refractivity contribution in [3.05, 3.63) is 112 Å². The summed E-state index contributed by atoms with van der Waals surface area (Å²) in [5.41, 5.74) is 6.38. The molecule has 3 nitrogen and oxygen atoms in total. The molecule has 2 atom stereocenters. The minimum atomic E-state index is -0.864. The van der Waals surface area contributed by atoms with Crippen LogP contribution in [0.15, 0.2) is 90.0 Å². The van der Waals surface area contributed by atoms with Crippen molar-refractivity contribution in [1.82, 2.24) is 0 Å². The maximum Gasteiger partial charge on any atom is 0.239 e. The predicted molar refractivity (Wildman–Crippen MR) is 132 cm³/mol. The normalized spacial score (nSPS) is 22.1. The molecule has 3 heteroatoms. The van der Waals surface area contributed by atoms with Crippen molar-refractivity contribution >= 4 is 17.4 Å². The van der Waals surface area contributed by atoms with E-state index < -0.39 is 11.3 Å². The molecule has 1 amide bonds. The Kier molecular flexibility index (Phi) is 5.28. The van der Waals surface area contributed by atoms with Crippen molar-refractivity contribution in [1.29, 1.82) is 0 Å². The third-order valence-corrected chi connectivity index (χ3v) is 7.52. The largest absolute Gasteiger partial charge is 0.307 e. The minimum absolute atomic E-state index is 0.0462. The Balaban J connectivity index is 1.65. The molecule has 0 saturated carbocycles. The van der Waals surface area contributed by atoms with Crippen LogP contribution in [0, 0.1) is 12.8 Å². The van der Waals surface area contributed by atoms with Crippen molar-refractivity contribution in [3.63, 3.8) is 0 Å². The van der Waals surface area contributed by atoms with Gasteiger partial charge < -0.3 is 4.90 Å². The maximum atomic E-state index is 14.3. The number of aryl methyl sites for hydroxylation is 1. The molecule has 5 rings (SSSR count). The van der Waals surface area contributed by atoms with E-state index in [1.807, 2.05) is 84.6 Å². The van der Waals surface area contributed by atoms with Gasteiger partial charge in [-0.05, 0) is 50.8 Å². The fraction of sp³-hybridized carbons (Fsp3) is 0.267. The highest BCUT2D eigenvalue weighted by atomic mass is 16.2. The van der Waals surface area contributed by atoms with Crippen LogP contribution in [-0.4, -0.2) is 11.7 Å². The molecule has 0 aromatic heterocycles. The Hall–Kier alpha value is -3.46. The number of hydrogen-bond donors (Lipinski definition) is 0. The fourth-order valence-corrected chi connectivity index (χ4v) is 5.56. The molecule has 2 aliphatic rings. The summed E-state index contributed by atoms with van der Waals surface area (Å²) in [6.45, 7) is 6.74. The molecule has 1 aliphatic heterocycles. The van der Waals surface area contributed by atoms with Gasteiger partial charge in [0.05, 0.1) is 12.0 Å². The second kappa shape index (κ2) is 8.15. The number of amides is 1. The van der Waals surface area contributed by atoms with Gasteiger partial charge in [0.2, 0.25) is 5.91 Å². The molecule has 0 fully saturated rings. The molecule has 0 N–H and O–H groups in total. The van der Waals surface area contributed by atoms with Crippen LogP contribution in [0.25, 0.3) is 0 Å². The van der Waals surface area contributed by atoms with Crippen molar-refractivity contribution < 1.29 is 9.59 Å². The molecule has 33 heavy (non-hydrogen) atoms. The van der Waals surface area contributed by atoms with Crippen molar-refractivity contribution in [2.24, 2.45) is 5.92 Å². The molecule has 3 aromatic rings. The molecule has 0 unspecified atom stereocenters. The third-order valence-electron chi connectivity index (χ3n) is 7.52. The Morgan fingerprint density at radius 3 is 2.27 bits per heavy atom. The zero-order chi connectivity index (χ0) is 23.2. The molecule has 0 bridgehead atoms. The summed E-state index contributed by atoms with van der Waals surface area (Å²) in [5.74, 6) is -0.310. The molecule has 3 aromatic carbocycles. The fourth-order valence-electron chi connectivity index (χ4n) is 5.56. The first-order chi connectivity index (χ1) is 15.9. The van der Waals surface area contributed by atoms with E-state index in [9.17, 15) is 9.59 Å². The van der Waals surface area contributed by atoms with Gasteiger partial charge >= 0.3 is 0 Å². The lowest BCUT2D eigenvalue weighted by Crippen LogP contribution is -2.50. The number of ketones is 1. The highest BCUT2D eigenvalue weighted by molar-refractivity contribution is 6.13. The molecule has 166 valence electrons. The van der Waals surface area contributed by atoms with Crippen LogP contribution >= 0.6 is 0 Å². The van der Waals surface area contributed by atoms with Crippen LogP contribution in [0.1, 0.15) is 53.7 Å². The molecule has 1 spiro atoms. The van der Waals surface area contributed by atoms with E-state index in [-0.39, 0.29) is 11.7 Å². The van der Waals surface area contributed by atoms with E-state index >= 15 is 0 Å². The zero-order valence-corrected chi connectivity index (χ0v) is 19.5. The van der Waals surface area contributed by atoms with E-state index in [2.05, 4.69) is 19.9 Å². The highest BCUT2D eigenvalue weighted by Crippen LogP contribution is 2.55. The van der Waals surface area contributed by atoms with Crippen molar-refractivity contribution in [2.45, 2.75) is 45.6 Å². The molecule has 0 saturated heterocycles. The summed E-state index contributed by atoms with van der Waals surface area (Å²) in [6.07, 6.45) is 1.19. The number of allylic oxidation sites excluding steroid dienone is 2.